The lowest BCUT2D eigenvalue weighted by atomic mass is 10.1. The van der Waals surface area contributed by atoms with Gasteiger partial charge in [0.25, 0.3) is 0 Å². The molecule has 3 nitrogen and oxygen atoms in total. The lowest BCUT2D eigenvalue weighted by Crippen LogP contribution is -2.28. The molecule has 0 unspecified atom stereocenters. The van der Waals surface area contributed by atoms with Gasteiger partial charge in [-0.05, 0) is 11.5 Å². The summed E-state index contributed by atoms with van der Waals surface area (Å²) in [6.45, 7) is 0. The Labute approximate surface area is 105 Å². The highest BCUT2D eigenvalue weighted by Crippen LogP contribution is 2.32. The molecule has 0 amide bonds. The van der Waals surface area contributed by atoms with Gasteiger partial charge in [-0.15, -0.1) is 0 Å². The lowest BCUT2D eigenvalue weighted by Gasteiger charge is -2.11. The van der Waals surface area contributed by atoms with Gasteiger partial charge in [0.2, 0.25) is 0 Å². The first-order valence-electron chi connectivity index (χ1n) is 4.90. The Morgan fingerprint density at radius 3 is 2.32 bits per heavy atom. The largest absolute Gasteiger partial charge is 0.534 e. The zero-order valence-electron chi connectivity index (χ0n) is 9.11. The fourth-order valence-electron chi connectivity index (χ4n) is 1.47. The molecule has 0 aliphatic heterocycles. The van der Waals surface area contributed by atoms with E-state index in [1.54, 1.807) is 0 Å². The van der Waals surface area contributed by atoms with Crippen molar-refractivity contribution in [3.63, 3.8) is 0 Å². The molecule has 2 aromatic carbocycles. The molecule has 0 saturated carbocycles. The van der Waals surface area contributed by atoms with Gasteiger partial charge in [-0.2, -0.15) is 21.6 Å². The smallest absolute Gasteiger partial charge is 0.375 e. The maximum absolute atomic E-state index is 13.2. The van der Waals surface area contributed by atoms with Crippen molar-refractivity contribution in [2.75, 3.05) is 0 Å². The maximum atomic E-state index is 13.2. The summed E-state index contributed by atoms with van der Waals surface area (Å²) in [6.07, 6.45) is 0. The molecule has 0 saturated heterocycles. The van der Waals surface area contributed by atoms with Crippen LogP contribution in [0.2, 0.25) is 0 Å². The summed E-state index contributed by atoms with van der Waals surface area (Å²) in [5.74, 6) is -1.60. The molecule has 2 aromatic rings. The van der Waals surface area contributed by atoms with Gasteiger partial charge in [0, 0.05) is 11.5 Å². The molecule has 0 spiro atoms. The molecule has 0 heterocycles. The third kappa shape index (κ3) is 2.62. The van der Waals surface area contributed by atoms with Gasteiger partial charge >= 0.3 is 15.6 Å². The predicted octanol–water partition coefficient (Wildman–Crippen LogP) is 3.21. The Morgan fingerprint density at radius 1 is 1.05 bits per heavy atom. The van der Waals surface area contributed by atoms with E-state index in [-0.39, 0.29) is 10.8 Å². The number of alkyl halides is 3. The van der Waals surface area contributed by atoms with Crippen molar-refractivity contribution in [1.29, 1.82) is 0 Å². The van der Waals surface area contributed by atoms with Gasteiger partial charge in [0.05, 0.1) is 0 Å². The van der Waals surface area contributed by atoms with Crippen molar-refractivity contribution >= 4 is 20.9 Å². The molecule has 0 N–H and O–H groups in total. The van der Waals surface area contributed by atoms with E-state index in [0.29, 0.717) is 6.07 Å². The van der Waals surface area contributed by atoms with Gasteiger partial charge in [-0.25, -0.2) is 4.39 Å². The molecule has 0 atom stereocenters. The summed E-state index contributed by atoms with van der Waals surface area (Å²) in [7, 11) is -5.83. The molecule has 0 radical (unpaired) electrons. The van der Waals surface area contributed by atoms with Gasteiger partial charge < -0.3 is 4.18 Å². The van der Waals surface area contributed by atoms with Crippen LogP contribution in [-0.2, 0) is 10.1 Å². The zero-order chi connectivity index (χ0) is 14.3. The highest BCUT2D eigenvalue weighted by atomic mass is 32.2. The molecule has 0 aromatic heterocycles. The number of rotatable bonds is 2. The van der Waals surface area contributed by atoms with Crippen LogP contribution in [-0.4, -0.2) is 13.9 Å². The van der Waals surface area contributed by atoms with Crippen molar-refractivity contribution in [1.82, 2.24) is 0 Å². The van der Waals surface area contributed by atoms with E-state index in [4.69, 9.17) is 0 Å². The van der Waals surface area contributed by atoms with E-state index in [1.165, 1.54) is 24.3 Å². The Bertz CT molecular complexity index is 722. The van der Waals surface area contributed by atoms with Crippen LogP contribution in [0.3, 0.4) is 0 Å². The average molecular weight is 294 g/mol. The Balaban J connectivity index is 2.58. The van der Waals surface area contributed by atoms with Crippen LogP contribution < -0.4 is 4.18 Å². The average Bonchev–Trinajstić information content (AvgIpc) is 2.26. The van der Waals surface area contributed by atoms with E-state index in [9.17, 15) is 26.0 Å². The van der Waals surface area contributed by atoms with E-state index in [1.807, 2.05) is 0 Å². The normalized spacial score (nSPS) is 12.6. The van der Waals surface area contributed by atoms with Gasteiger partial charge in [-0.1, -0.05) is 24.3 Å². The van der Waals surface area contributed by atoms with Crippen molar-refractivity contribution in [3.8, 4) is 5.75 Å². The second kappa shape index (κ2) is 4.37. The molecule has 0 aliphatic rings. The second-order valence-electron chi connectivity index (χ2n) is 3.61. The van der Waals surface area contributed by atoms with Crippen molar-refractivity contribution in [2.45, 2.75) is 5.51 Å². The minimum atomic E-state index is -5.83. The lowest BCUT2D eigenvalue weighted by molar-refractivity contribution is -0.0499. The molecule has 0 aliphatic carbocycles. The molecule has 102 valence electrons. The number of hydrogen-bond donors (Lipinski definition) is 0. The fourth-order valence-corrected chi connectivity index (χ4v) is 1.94. The fraction of sp³-hybridized carbons (Fsp3) is 0.0909. The van der Waals surface area contributed by atoms with Gasteiger partial charge in [0.1, 0.15) is 5.82 Å². The number of hydrogen-bond acceptors (Lipinski definition) is 3. The first-order chi connectivity index (χ1) is 8.71. The molecule has 8 heteroatoms. The molecule has 0 bridgehead atoms. The third-order valence-corrected chi connectivity index (χ3v) is 3.24. The first kappa shape index (κ1) is 13.6. The minimum absolute atomic E-state index is 0.0664. The quantitative estimate of drug-likeness (QED) is 0.485. The van der Waals surface area contributed by atoms with Crippen LogP contribution in [0.1, 0.15) is 0 Å². The summed E-state index contributed by atoms with van der Waals surface area (Å²) in [5, 5.41) is 0.298. The predicted molar refractivity (Wildman–Crippen MR) is 59.5 cm³/mol. The van der Waals surface area contributed by atoms with Crippen molar-refractivity contribution < 1.29 is 30.2 Å². The van der Waals surface area contributed by atoms with Crippen LogP contribution in [0.4, 0.5) is 17.6 Å². The summed E-state index contributed by atoms with van der Waals surface area (Å²) in [6, 6.07) is 7.40. The molecule has 19 heavy (non-hydrogen) atoms. The van der Waals surface area contributed by atoms with Gasteiger partial charge in [-0.3, -0.25) is 0 Å². The monoisotopic (exact) mass is 294 g/mol. The second-order valence-corrected chi connectivity index (χ2v) is 5.15. The van der Waals surface area contributed by atoms with Crippen LogP contribution in [0.5, 0.6) is 5.75 Å². The van der Waals surface area contributed by atoms with Gasteiger partial charge in [0.15, 0.2) is 5.75 Å². The Hall–Kier alpha value is -1.83. The molecule has 0 fully saturated rings. The molecular formula is C11H6F4O3S. The molecular weight excluding hydrogens is 288 g/mol. The Morgan fingerprint density at radius 2 is 1.68 bits per heavy atom. The number of fused-ring (bicyclic) bond motifs is 1. The summed E-state index contributed by atoms with van der Waals surface area (Å²) in [5.41, 5.74) is -5.57. The minimum Gasteiger partial charge on any atom is -0.375 e. The topological polar surface area (TPSA) is 43.4 Å². The standard InChI is InChI=1S/C11H6F4O3S/c12-8-5-7-3-1-2-4-9(7)10(6-8)18-19(16,17)11(13,14)15/h1-6H. The first-order valence-corrected chi connectivity index (χ1v) is 6.30. The highest BCUT2D eigenvalue weighted by molar-refractivity contribution is 7.88. The highest BCUT2D eigenvalue weighted by Gasteiger charge is 2.48. The summed E-state index contributed by atoms with van der Waals surface area (Å²) >= 11 is 0. The SMILES string of the molecule is O=S(=O)(Oc1cc(F)cc2ccccc12)C(F)(F)F. The Kier molecular flexibility index (Phi) is 3.13. The van der Waals surface area contributed by atoms with E-state index in [2.05, 4.69) is 4.18 Å². The van der Waals surface area contributed by atoms with Crippen molar-refractivity contribution in [2.24, 2.45) is 0 Å². The maximum Gasteiger partial charge on any atom is 0.534 e. The third-order valence-electron chi connectivity index (χ3n) is 2.27. The zero-order valence-corrected chi connectivity index (χ0v) is 9.93. The van der Waals surface area contributed by atoms with E-state index < -0.39 is 27.2 Å². The molecule has 2 rings (SSSR count). The summed E-state index contributed by atoms with van der Waals surface area (Å²) in [4.78, 5) is 0. The van der Waals surface area contributed by atoms with Crippen LogP contribution >= 0.6 is 0 Å². The number of halogens is 4. The number of benzene rings is 2. The van der Waals surface area contributed by atoms with E-state index >= 15 is 0 Å². The van der Waals surface area contributed by atoms with Crippen molar-refractivity contribution in [3.05, 3.63) is 42.2 Å². The van der Waals surface area contributed by atoms with Crippen LogP contribution in [0.25, 0.3) is 10.8 Å². The van der Waals surface area contributed by atoms with Crippen LogP contribution in [0.15, 0.2) is 36.4 Å². The summed E-state index contributed by atoms with van der Waals surface area (Å²) < 4.78 is 75.6. The van der Waals surface area contributed by atoms with E-state index in [0.717, 1.165) is 6.07 Å². The van der Waals surface area contributed by atoms with Crippen LogP contribution in [0, 0.1) is 5.82 Å².